The Kier molecular flexibility index (Phi) is 5.58. The van der Waals surface area contributed by atoms with E-state index in [2.05, 4.69) is 26.2 Å². The number of nitrogens with zero attached hydrogens (tertiary/aromatic N) is 1. The lowest BCUT2D eigenvalue weighted by atomic mass is 10.3. The van der Waals surface area contributed by atoms with Crippen molar-refractivity contribution in [2.45, 2.75) is 13.3 Å². The summed E-state index contributed by atoms with van der Waals surface area (Å²) in [7, 11) is 1.62. The Morgan fingerprint density at radius 2 is 2.29 bits per heavy atom. The summed E-state index contributed by atoms with van der Waals surface area (Å²) in [5.74, 6) is 0.475. The van der Waals surface area contributed by atoms with Gasteiger partial charge < -0.3 is 14.8 Å². The molecule has 0 saturated carbocycles. The van der Waals surface area contributed by atoms with Crippen LogP contribution in [0.25, 0.3) is 0 Å². The van der Waals surface area contributed by atoms with E-state index in [1.807, 2.05) is 23.6 Å². The third-order valence-corrected chi connectivity index (χ3v) is 4.05. The SMILES string of the molecule is CCOC(=O)Cc1csc(Nc2ccc(Br)c(OC)c2)n1. The minimum absolute atomic E-state index is 0.190. The molecule has 0 fully saturated rings. The number of benzene rings is 1. The predicted molar refractivity (Wildman–Crippen MR) is 86.4 cm³/mol. The fourth-order valence-corrected chi connectivity index (χ4v) is 2.81. The quantitative estimate of drug-likeness (QED) is 0.784. The molecule has 0 aliphatic heterocycles. The van der Waals surface area contributed by atoms with Crippen LogP contribution in [0.5, 0.6) is 5.75 Å². The van der Waals surface area contributed by atoms with Gasteiger partial charge in [0.2, 0.25) is 0 Å². The van der Waals surface area contributed by atoms with E-state index in [0.29, 0.717) is 12.3 Å². The van der Waals surface area contributed by atoms with Crippen LogP contribution in [0.15, 0.2) is 28.1 Å². The molecule has 0 atom stereocenters. The average Bonchev–Trinajstić information content (AvgIpc) is 2.88. The first-order valence-electron chi connectivity index (χ1n) is 6.33. The second-order valence-electron chi connectivity index (χ2n) is 4.10. The Hall–Kier alpha value is -1.60. The summed E-state index contributed by atoms with van der Waals surface area (Å²) < 4.78 is 11.0. The van der Waals surface area contributed by atoms with Crippen molar-refractivity contribution >= 4 is 44.1 Å². The Morgan fingerprint density at radius 1 is 1.48 bits per heavy atom. The molecule has 1 aromatic heterocycles. The number of methoxy groups -OCH3 is 1. The zero-order valence-electron chi connectivity index (χ0n) is 11.7. The number of esters is 1. The lowest BCUT2D eigenvalue weighted by Crippen LogP contribution is -2.07. The number of anilines is 2. The van der Waals surface area contributed by atoms with Gasteiger partial charge in [-0.1, -0.05) is 0 Å². The van der Waals surface area contributed by atoms with Crippen LogP contribution in [-0.4, -0.2) is 24.7 Å². The topological polar surface area (TPSA) is 60.5 Å². The highest BCUT2D eigenvalue weighted by Crippen LogP contribution is 2.30. The average molecular weight is 371 g/mol. The molecule has 0 radical (unpaired) electrons. The zero-order chi connectivity index (χ0) is 15.2. The highest BCUT2D eigenvalue weighted by atomic mass is 79.9. The van der Waals surface area contributed by atoms with Crippen molar-refractivity contribution in [2.24, 2.45) is 0 Å². The third kappa shape index (κ3) is 4.44. The fourth-order valence-electron chi connectivity index (χ4n) is 1.67. The molecule has 2 rings (SSSR count). The van der Waals surface area contributed by atoms with Crippen LogP contribution in [0.2, 0.25) is 0 Å². The van der Waals surface area contributed by atoms with E-state index >= 15 is 0 Å². The highest BCUT2D eigenvalue weighted by molar-refractivity contribution is 9.10. The second-order valence-corrected chi connectivity index (χ2v) is 5.81. The van der Waals surface area contributed by atoms with Crippen molar-refractivity contribution in [3.05, 3.63) is 33.7 Å². The van der Waals surface area contributed by atoms with Gasteiger partial charge in [0.15, 0.2) is 5.13 Å². The predicted octanol–water partition coefficient (Wildman–Crippen LogP) is 3.76. The summed E-state index contributed by atoms with van der Waals surface area (Å²) in [6, 6.07) is 5.68. The van der Waals surface area contributed by atoms with Crippen molar-refractivity contribution < 1.29 is 14.3 Å². The van der Waals surface area contributed by atoms with Crippen LogP contribution in [0.4, 0.5) is 10.8 Å². The van der Waals surface area contributed by atoms with E-state index in [0.717, 1.165) is 21.0 Å². The molecule has 1 N–H and O–H groups in total. The third-order valence-electron chi connectivity index (χ3n) is 2.58. The van der Waals surface area contributed by atoms with Gasteiger partial charge in [-0.2, -0.15) is 0 Å². The number of carbonyl (C=O) groups is 1. The molecule has 0 aliphatic carbocycles. The lowest BCUT2D eigenvalue weighted by molar-refractivity contribution is -0.142. The zero-order valence-corrected chi connectivity index (χ0v) is 14.1. The summed E-state index contributed by atoms with van der Waals surface area (Å²) in [6.45, 7) is 2.17. The molecule has 2 aromatic rings. The molecule has 7 heteroatoms. The van der Waals surface area contributed by atoms with Crippen molar-refractivity contribution in [3.8, 4) is 5.75 Å². The summed E-state index contributed by atoms with van der Waals surface area (Å²) >= 11 is 4.84. The van der Waals surface area contributed by atoms with Gasteiger partial charge in [-0.05, 0) is 35.0 Å². The molecule has 1 aromatic carbocycles. The van der Waals surface area contributed by atoms with Gasteiger partial charge >= 0.3 is 5.97 Å². The maximum absolute atomic E-state index is 11.4. The van der Waals surface area contributed by atoms with Crippen molar-refractivity contribution in [1.29, 1.82) is 0 Å². The van der Waals surface area contributed by atoms with Crippen LogP contribution in [0, 0.1) is 0 Å². The Balaban J connectivity index is 2.03. The lowest BCUT2D eigenvalue weighted by Gasteiger charge is -2.07. The normalized spacial score (nSPS) is 10.2. The molecule has 5 nitrogen and oxygen atoms in total. The van der Waals surface area contributed by atoms with Gasteiger partial charge in [0.25, 0.3) is 0 Å². The monoisotopic (exact) mass is 370 g/mol. The van der Waals surface area contributed by atoms with Crippen LogP contribution >= 0.6 is 27.3 Å². The van der Waals surface area contributed by atoms with E-state index in [9.17, 15) is 4.79 Å². The fraction of sp³-hybridized carbons (Fsp3) is 0.286. The van der Waals surface area contributed by atoms with Crippen LogP contribution in [0.3, 0.4) is 0 Å². The number of hydrogen-bond donors (Lipinski definition) is 1. The van der Waals surface area contributed by atoms with Gasteiger partial charge in [0.05, 0.1) is 30.3 Å². The number of rotatable bonds is 6. The Labute approximate surface area is 135 Å². The molecule has 21 heavy (non-hydrogen) atoms. The van der Waals surface area contributed by atoms with Crippen molar-refractivity contribution in [3.63, 3.8) is 0 Å². The maximum Gasteiger partial charge on any atom is 0.311 e. The minimum Gasteiger partial charge on any atom is -0.495 e. The van der Waals surface area contributed by atoms with Crippen LogP contribution < -0.4 is 10.1 Å². The van der Waals surface area contributed by atoms with Gasteiger partial charge in [0.1, 0.15) is 5.75 Å². The van der Waals surface area contributed by atoms with E-state index < -0.39 is 0 Å². The molecular weight excluding hydrogens is 356 g/mol. The molecule has 0 spiro atoms. The van der Waals surface area contributed by atoms with Gasteiger partial charge in [0, 0.05) is 17.1 Å². The van der Waals surface area contributed by atoms with Crippen LogP contribution in [0.1, 0.15) is 12.6 Å². The first kappa shape index (κ1) is 15.8. The van der Waals surface area contributed by atoms with Gasteiger partial charge in [-0.25, -0.2) is 4.98 Å². The number of thiazole rings is 1. The van der Waals surface area contributed by atoms with Crippen LogP contribution in [-0.2, 0) is 16.0 Å². The highest BCUT2D eigenvalue weighted by Gasteiger charge is 2.09. The van der Waals surface area contributed by atoms with E-state index in [1.54, 1.807) is 14.0 Å². The smallest absolute Gasteiger partial charge is 0.311 e. The number of carbonyl (C=O) groups excluding carboxylic acids is 1. The molecule has 0 bridgehead atoms. The Morgan fingerprint density at radius 3 is 3.00 bits per heavy atom. The second kappa shape index (κ2) is 7.42. The first-order valence-corrected chi connectivity index (χ1v) is 8.00. The summed E-state index contributed by atoms with van der Waals surface area (Å²) in [6.07, 6.45) is 0.190. The molecule has 0 unspecified atom stereocenters. The molecule has 0 aliphatic rings. The molecule has 112 valence electrons. The van der Waals surface area contributed by atoms with E-state index in [-0.39, 0.29) is 12.4 Å². The minimum atomic E-state index is -0.264. The van der Waals surface area contributed by atoms with Gasteiger partial charge in [-0.15, -0.1) is 11.3 Å². The van der Waals surface area contributed by atoms with Crippen molar-refractivity contribution in [1.82, 2.24) is 4.98 Å². The first-order chi connectivity index (χ1) is 10.1. The molecular formula is C14H15BrN2O3S. The van der Waals surface area contributed by atoms with E-state index in [4.69, 9.17) is 9.47 Å². The summed E-state index contributed by atoms with van der Waals surface area (Å²) in [4.78, 5) is 15.8. The number of halogens is 1. The standard InChI is InChI=1S/C14H15BrN2O3S/c1-3-20-13(18)7-10-8-21-14(17-10)16-9-4-5-11(15)12(6-9)19-2/h4-6,8H,3,7H2,1-2H3,(H,16,17). The number of ether oxygens (including phenoxy) is 2. The van der Waals surface area contributed by atoms with Crippen molar-refractivity contribution in [2.75, 3.05) is 19.0 Å². The Bertz CT molecular complexity index is 630. The molecule has 0 saturated heterocycles. The number of nitrogens with one attached hydrogen (secondary N) is 1. The van der Waals surface area contributed by atoms with E-state index in [1.165, 1.54) is 11.3 Å². The molecule has 1 heterocycles. The number of hydrogen-bond acceptors (Lipinski definition) is 6. The maximum atomic E-state index is 11.4. The molecule has 0 amide bonds. The largest absolute Gasteiger partial charge is 0.495 e. The summed E-state index contributed by atoms with van der Waals surface area (Å²) in [5.41, 5.74) is 1.57. The number of aromatic nitrogens is 1. The summed E-state index contributed by atoms with van der Waals surface area (Å²) in [5, 5.41) is 5.75. The van der Waals surface area contributed by atoms with Gasteiger partial charge in [-0.3, -0.25) is 4.79 Å².